The second-order valence-electron chi connectivity index (χ2n) is 3.85. The second kappa shape index (κ2) is 6.61. The first-order valence-corrected chi connectivity index (χ1v) is 5.44. The zero-order valence-corrected chi connectivity index (χ0v) is 10.1. The molecule has 1 heterocycles. The maximum atomic E-state index is 11.4. The van der Waals surface area contributed by atoms with Crippen molar-refractivity contribution in [1.29, 1.82) is 0 Å². The summed E-state index contributed by atoms with van der Waals surface area (Å²) in [6, 6.07) is -1.22. The first-order chi connectivity index (χ1) is 9.31. The lowest BCUT2D eigenvalue weighted by Gasteiger charge is -2.12. The van der Waals surface area contributed by atoms with Crippen molar-refractivity contribution in [3.05, 3.63) is 0 Å². The van der Waals surface area contributed by atoms with E-state index >= 15 is 0 Å². The summed E-state index contributed by atoms with van der Waals surface area (Å²) in [5, 5.41) is 8.54. The number of aliphatic carboxylic acids is 1. The van der Waals surface area contributed by atoms with Crippen LogP contribution in [-0.4, -0.2) is 46.9 Å². The Morgan fingerprint density at radius 2 is 1.80 bits per heavy atom. The fourth-order valence-electron chi connectivity index (χ4n) is 1.27. The molecule has 1 aliphatic heterocycles. The summed E-state index contributed by atoms with van der Waals surface area (Å²) in [6.45, 7) is 0. The van der Waals surface area contributed by atoms with Crippen LogP contribution in [0.15, 0.2) is 0 Å². The van der Waals surface area contributed by atoms with Crippen molar-refractivity contribution in [3.8, 4) is 0 Å². The number of nitrogens with two attached hydrogens (primary N) is 1. The molecule has 0 saturated carbocycles. The highest BCUT2D eigenvalue weighted by atomic mass is 17.2. The number of ketones is 1. The molecular formula is C10H11NO9. The number of carbonyl (C=O) groups is 5. The van der Waals surface area contributed by atoms with E-state index in [1.54, 1.807) is 0 Å². The number of carbonyl (C=O) groups excluding carboxylic acids is 4. The molecule has 2 atom stereocenters. The molecule has 0 aliphatic carbocycles. The SMILES string of the molecule is NC1CCC(=O)OC(C(=O)C(=O)O)CC(=O)OOC1=O. The topological polar surface area (TPSA) is 159 Å². The molecule has 20 heavy (non-hydrogen) atoms. The Morgan fingerprint density at radius 1 is 1.15 bits per heavy atom. The summed E-state index contributed by atoms with van der Waals surface area (Å²) >= 11 is 0. The number of carboxylic acids is 1. The van der Waals surface area contributed by atoms with E-state index in [0.717, 1.165) is 0 Å². The standard InChI is InChI=1S/C10H11NO9/c11-4-1-2-6(12)18-5(8(14)9(15)16)3-7(13)19-20-10(4)17/h4-5H,1-3,11H2,(H,15,16). The van der Waals surface area contributed by atoms with Crippen LogP contribution in [0.1, 0.15) is 19.3 Å². The molecule has 0 bridgehead atoms. The highest BCUT2D eigenvalue weighted by Crippen LogP contribution is 2.09. The molecule has 0 aromatic rings. The number of ether oxygens (including phenoxy) is 1. The maximum Gasteiger partial charge on any atom is 0.376 e. The van der Waals surface area contributed by atoms with Gasteiger partial charge in [0.1, 0.15) is 6.04 Å². The van der Waals surface area contributed by atoms with Crippen LogP contribution in [0.5, 0.6) is 0 Å². The molecule has 1 rings (SSSR count). The first-order valence-electron chi connectivity index (χ1n) is 5.44. The molecule has 1 saturated heterocycles. The number of rotatable bonds is 2. The predicted octanol–water partition coefficient (Wildman–Crippen LogP) is -1.94. The van der Waals surface area contributed by atoms with Crippen LogP contribution in [0.2, 0.25) is 0 Å². The fraction of sp³-hybridized carbons (Fsp3) is 0.500. The normalized spacial score (nSPS) is 24.8. The number of hydrogen-bond donors (Lipinski definition) is 2. The Bertz CT molecular complexity index is 458. The molecule has 3 N–H and O–H groups in total. The summed E-state index contributed by atoms with van der Waals surface area (Å²) < 4.78 is 4.57. The highest BCUT2D eigenvalue weighted by molar-refractivity contribution is 6.35. The van der Waals surface area contributed by atoms with Crippen molar-refractivity contribution in [2.75, 3.05) is 0 Å². The molecule has 10 nitrogen and oxygen atoms in total. The van der Waals surface area contributed by atoms with Crippen molar-refractivity contribution >= 4 is 29.7 Å². The second-order valence-corrected chi connectivity index (χ2v) is 3.85. The van der Waals surface area contributed by atoms with Gasteiger partial charge in [0.15, 0.2) is 6.10 Å². The average Bonchev–Trinajstić information content (AvgIpc) is 2.41. The molecular weight excluding hydrogens is 278 g/mol. The van der Waals surface area contributed by atoms with E-state index < -0.39 is 48.2 Å². The molecule has 0 radical (unpaired) electrons. The minimum Gasteiger partial charge on any atom is -0.475 e. The van der Waals surface area contributed by atoms with Gasteiger partial charge in [-0.25, -0.2) is 24.2 Å². The Hall–Kier alpha value is -2.49. The van der Waals surface area contributed by atoms with Crippen molar-refractivity contribution in [1.82, 2.24) is 0 Å². The Balaban J connectivity index is 2.86. The maximum absolute atomic E-state index is 11.4. The Kier molecular flexibility index (Phi) is 5.15. The lowest BCUT2D eigenvalue weighted by Crippen LogP contribution is -2.35. The van der Waals surface area contributed by atoms with Gasteiger partial charge in [-0.3, -0.25) is 9.59 Å². The van der Waals surface area contributed by atoms with Crippen LogP contribution in [-0.2, 0) is 38.5 Å². The van der Waals surface area contributed by atoms with Gasteiger partial charge in [-0.2, -0.15) is 0 Å². The number of hydrogen-bond acceptors (Lipinski definition) is 9. The molecule has 1 fully saturated rings. The van der Waals surface area contributed by atoms with E-state index in [-0.39, 0.29) is 12.8 Å². The molecule has 1 aliphatic rings. The van der Waals surface area contributed by atoms with Crippen molar-refractivity contribution < 1.29 is 43.6 Å². The minimum atomic E-state index is -1.88. The van der Waals surface area contributed by atoms with Crippen LogP contribution < -0.4 is 5.73 Å². The zero-order chi connectivity index (χ0) is 15.3. The van der Waals surface area contributed by atoms with E-state index in [9.17, 15) is 24.0 Å². The molecule has 10 heteroatoms. The largest absolute Gasteiger partial charge is 0.475 e. The van der Waals surface area contributed by atoms with Gasteiger partial charge in [0, 0.05) is 6.42 Å². The smallest absolute Gasteiger partial charge is 0.376 e. The van der Waals surface area contributed by atoms with E-state index in [0.29, 0.717) is 0 Å². The quantitative estimate of drug-likeness (QED) is 0.332. The van der Waals surface area contributed by atoms with Gasteiger partial charge in [0.25, 0.3) is 5.78 Å². The van der Waals surface area contributed by atoms with Gasteiger partial charge < -0.3 is 15.6 Å². The van der Waals surface area contributed by atoms with Crippen molar-refractivity contribution in [3.63, 3.8) is 0 Å². The van der Waals surface area contributed by atoms with Crippen LogP contribution >= 0.6 is 0 Å². The third-order valence-corrected chi connectivity index (χ3v) is 2.31. The predicted molar refractivity (Wildman–Crippen MR) is 56.5 cm³/mol. The average molecular weight is 289 g/mol. The lowest BCUT2D eigenvalue weighted by atomic mass is 10.1. The zero-order valence-electron chi connectivity index (χ0n) is 10.1. The molecule has 0 amide bonds. The van der Waals surface area contributed by atoms with E-state index in [4.69, 9.17) is 10.8 Å². The number of esters is 1. The molecule has 110 valence electrons. The summed E-state index contributed by atoms with van der Waals surface area (Å²) in [4.78, 5) is 63.7. The van der Waals surface area contributed by atoms with Gasteiger partial charge in [0.05, 0.1) is 6.42 Å². The van der Waals surface area contributed by atoms with Gasteiger partial charge in [0.2, 0.25) is 0 Å². The third kappa shape index (κ3) is 4.31. The Morgan fingerprint density at radius 3 is 2.40 bits per heavy atom. The van der Waals surface area contributed by atoms with Gasteiger partial charge >= 0.3 is 23.9 Å². The number of Topliss-reactive ketones (excluding diaryl/α,β-unsaturated/α-hetero) is 1. The van der Waals surface area contributed by atoms with Gasteiger partial charge in [-0.05, 0) is 6.42 Å². The van der Waals surface area contributed by atoms with Crippen molar-refractivity contribution in [2.24, 2.45) is 5.73 Å². The highest BCUT2D eigenvalue weighted by Gasteiger charge is 2.33. The molecule has 2 unspecified atom stereocenters. The van der Waals surface area contributed by atoms with Gasteiger partial charge in [-0.15, -0.1) is 0 Å². The van der Waals surface area contributed by atoms with Crippen LogP contribution in [0.3, 0.4) is 0 Å². The summed E-state index contributed by atoms with van der Waals surface area (Å²) in [5.74, 6) is -6.67. The number of carboxylic acid groups (broad SMARTS) is 1. The van der Waals surface area contributed by atoms with Crippen molar-refractivity contribution in [2.45, 2.75) is 31.4 Å². The van der Waals surface area contributed by atoms with Gasteiger partial charge in [-0.1, -0.05) is 0 Å². The Labute approximate surface area is 111 Å². The van der Waals surface area contributed by atoms with Crippen LogP contribution in [0, 0.1) is 0 Å². The first kappa shape index (κ1) is 15.6. The molecule has 0 aromatic carbocycles. The molecule has 0 spiro atoms. The lowest BCUT2D eigenvalue weighted by molar-refractivity contribution is -0.260. The monoisotopic (exact) mass is 289 g/mol. The molecule has 0 aromatic heterocycles. The fourth-order valence-corrected chi connectivity index (χ4v) is 1.27. The van der Waals surface area contributed by atoms with Crippen LogP contribution in [0.25, 0.3) is 0 Å². The van der Waals surface area contributed by atoms with E-state index in [2.05, 4.69) is 14.5 Å². The number of cyclic esters (lactones) is 1. The summed E-state index contributed by atoms with van der Waals surface area (Å²) in [7, 11) is 0. The third-order valence-electron chi connectivity index (χ3n) is 2.31. The van der Waals surface area contributed by atoms with E-state index in [1.807, 2.05) is 0 Å². The van der Waals surface area contributed by atoms with E-state index in [1.165, 1.54) is 0 Å². The summed E-state index contributed by atoms with van der Waals surface area (Å²) in [6.07, 6.45) is -3.27. The van der Waals surface area contributed by atoms with Crippen LogP contribution in [0.4, 0.5) is 0 Å². The minimum absolute atomic E-state index is 0.177. The summed E-state index contributed by atoms with van der Waals surface area (Å²) in [5.41, 5.74) is 5.33.